The minimum absolute atomic E-state index is 0.0406. The molecule has 4 bridgehead atoms. The standard InChI is InChI=1S/C29H29N5O3.C2HF3O2/c1-2-19-17-37-29(36)34-23-5-3-4-18(14-23)16-32-28(35)26(21-8-6-20(19)7-9-21)33-24-10-11-25-22(15-24)12-13-31-27(25)30;3-2(4,5)1(6)7/h3-15,19,26,33H,2,16-17H2,1H3,(H2,30,31)(H,32,35)(H,34,36);(H,6,7). The zero-order valence-electron chi connectivity index (χ0n) is 23.5. The van der Waals surface area contributed by atoms with Crippen molar-refractivity contribution in [1.82, 2.24) is 10.3 Å². The highest BCUT2D eigenvalue weighted by Crippen LogP contribution is 2.28. The van der Waals surface area contributed by atoms with Gasteiger partial charge in [0.1, 0.15) is 18.5 Å². The Kier molecular flexibility index (Phi) is 9.88. The number of ether oxygens (including phenoxy) is 1. The largest absolute Gasteiger partial charge is 0.490 e. The summed E-state index contributed by atoms with van der Waals surface area (Å²) in [6.45, 7) is 2.62. The quantitative estimate of drug-likeness (QED) is 0.190. The fourth-order valence-electron chi connectivity index (χ4n) is 4.55. The molecule has 0 spiro atoms. The Labute approximate surface area is 250 Å². The molecule has 1 aromatic heterocycles. The summed E-state index contributed by atoms with van der Waals surface area (Å²) in [7, 11) is 0. The molecule has 0 fully saturated rings. The molecule has 0 aliphatic carbocycles. The number of nitrogens with one attached hydrogen (secondary N) is 3. The lowest BCUT2D eigenvalue weighted by atomic mass is 9.94. The molecule has 2 aliphatic rings. The summed E-state index contributed by atoms with van der Waals surface area (Å²) in [6.07, 6.45) is -3.11. The molecule has 0 saturated heterocycles. The number of rotatable bonds is 3. The number of carbonyl (C=O) groups is 3. The number of anilines is 3. The number of alkyl halides is 3. The molecule has 0 radical (unpaired) electrons. The highest BCUT2D eigenvalue weighted by Gasteiger charge is 2.38. The van der Waals surface area contributed by atoms with Gasteiger partial charge in [0.05, 0.1) is 0 Å². The van der Waals surface area contributed by atoms with Gasteiger partial charge in [0.25, 0.3) is 0 Å². The van der Waals surface area contributed by atoms with Crippen molar-refractivity contribution in [2.75, 3.05) is 23.0 Å². The van der Waals surface area contributed by atoms with Crippen LogP contribution in [0.4, 0.5) is 35.2 Å². The monoisotopic (exact) mass is 609 g/mol. The van der Waals surface area contributed by atoms with Gasteiger partial charge in [-0.25, -0.2) is 14.6 Å². The number of halogens is 3. The summed E-state index contributed by atoms with van der Waals surface area (Å²) in [5.41, 5.74) is 10.1. The average Bonchev–Trinajstić information content (AvgIpc) is 2.99. The Balaban J connectivity index is 0.000000566. The first-order valence-electron chi connectivity index (χ1n) is 13.6. The molecule has 3 aromatic carbocycles. The molecule has 2 amide bonds. The Morgan fingerprint density at radius 3 is 2.45 bits per heavy atom. The highest BCUT2D eigenvalue weighted by atomic mass is 19.4. The third kappa shape index (κ3) is 8.15. The molecule has 6 rings (SSSR count). The number of nitrogen functional groups attached to an aromatic ring is 1. The average molecular weight is 610 g/mol. The maximum Gasteiger partial charge on any atom is 0.490 e. The molecule has 230 valence electrons. The first-order chi connectivity index (χ1) is 20.9. The number of carboxylic acid groups (broad SMARTS) is 1. The van der Waals surface area contributed by atoms with Crippen LogP contribution in [0.15, 0.2) is 79.0 Å². The van der Waals surface area contributed by atoms with E-state index in [0.717, 1.165) is 39.6 Å². The van der Waals surface area contributed by atoms with Gasteiger partial charge in [-0.3, -0.25) is 10.1 Å². The van der Waals surface area contributed by atoms with Crippen molar-refractivity contribution in [2.45, 2.75) is 38.0 Å². The van der Waals surface area contributed by atoms with Gasteiger partial charge in [-0.1, -0.05) is 43.3 Å². The van der Waals surface area contributed by atoms with Gasteiger partial charge in [0.2, 0.25) is 5.91 Å². The van der Waals surface area contributed by atoms with Crippen molar-refractivity contribution in [3.05, 3.63) is 95.7 Å². The number of fused-ring (bicyclic) bond motifs is 10. The van der Waals surface area contributed by atoms with Crippen molar-refractivity contribution >= 4 is 45.9 Å². The van der Waals surface area contributed by atoms with Crippen molar-refractivity contribution in [2.24, 2.45) is 0 Å². The van der Waals surface area contributed by atoms with Gasteiger partial charge in [0, 0.05) is 35.4 Å². The van der Waals surface area contributed by atoms with Crippen LogP contribution in [0.1, 0.15) is 42.0 Å². The minimum atomic E-state index is -5.08. The van der Waals surface area contributed by atoms with E-state index in [2.05, 4.69) is 27.9 Å². The summed E-state index contributed by atoms with van der Waals surface area (Å²) in [6, 6.07) is 22.3. The third-order valence-electron chi connectivity index (χ3n) is 6.90. The molecule has 6 N–H and O–H groups in total. The number of carbonyl (C=O) groups excluding carboxylic acids is 2. The van der Waals surface area contributed by atoms with E-state index in [1.54, 1.807) is 12.3 Å². The second-order valence-electron chi connectivity index (χ2n) is 9.93. The lowest BCUT2D eigenvalue weighted by Crippen LogP contribution is -2.33. The van der Waals surface area contributed by atoms with E-state index in [-0.39, 0.29) is 18.4 Å². The molecule has 2 atom stereocenters. The molecule has 2 unspecified atom stereocenters. The number of carboxylic acids is 1. The zero-order valence-corrected chi connectivity index (χ0v) is 23.5. The molecule has 4 aromatic rings. The predicted octanol–water partition coefficient (Wildman–Crippen LogP) is 5.98. The first-order valence-corrected chi connectivity index (χ1v) is 13.6. The summed E-state index contributed by atoms with van der Waals surface area (Å²) in [5, 5.41) is 18.1. The molecule has 3 heterocycles. The van der Waals surface area contributed by atoms with Crippen molar-refractivity contribution in [3.8, 4) is 0 Å². The SMILES string of the molecule is CCC1COC(=O)Nc2cccc(c2)CNC(=O)C(Nc2ccc3c(N)nccc3c2)c2ccc1cc2.O=C(O)C(F)(F)F. The number of pyridine rings is 1. The Morgan fingerprint density at radius 2 is 1.77 bits per heavy atom. The summed E-state index contributed by atoms with van der Waals surface area (Å²) >= 11 is 0. The number of aliphatic carboxylic acids is 1. The van der Waals surface area contributed by atoms with E-state index in [1.165, 1.54) is 0 Å². The molecular formula is C31H30F3N5O5. The van der Waals surface area contributed by atoms with E-state index in [1.807, 2.05) is 66.7 Å². The fraction of sp³-hybridized carbons (Fsp3) is 0.226. The van der Waals surface area contributed by atoms with Crippen LogP contribution in [-0.2, 0) is 20.9 Å². The summed E-state index contributed by atoms with van der Waals surface area (Å²) in [4.78, 5) is 38.9. The van der Waals surface area contributed by atoms with Gasteiger partial charge in [0.15, 0.2) is 0 Å². The van der Waals surface area contributed by atoms with Crippen molar-refractivity contribution in [3.63, 3.8) is 0 Å². The van der Waals surface area contributed by atoms with Gasteiger partial charge in [-0.2, -0.15) is 13.2 Å². The predicted molar refractivity (Wildman–Crippen MR) is 159 cm³/mol. The number of benzene rings is 3. The van der Waals surface area contributed by atoms with Crippen molar-refractivity contribution in [1.29, 1.82) is 0 Å². The Hall–Kier alpha value is -5.33. The molecule has 2 aliphatic heterocycles. The van der Waals surface area contributed by atoms with E-state index in [9.17, 15) is 22.8 Å². The molecule has 10 nitrogen and oxygen atoms in total. The van der Waals surface area contributed by atoms with Crippen LogP contribution in [0.3, 0.4) is 0 Å². The van der Waals surface area contributed by atoms with Crippen LogP contribution in [-0.4, -0.2) is 40.8 Å². The molecule has 13 heteroatoms. The number of hydrogen-bond donors (Lipinski definition) is 5. The molecule has 0 saturated carbocycles. The number of hydrogen-bond acceptors (Lipinski definition) is 7. The number of nitrogens with two attached hydrogens (primary N) is 1. The van der Waals surface area contributed by atoms with Crippen LogP contribution >= 0.6 is 0 Å². The summed E-state index contributed by atoms with van der Waals surface area (Å²) in [5.74, 6) is -2.42. The smallest absolute Gasteiger partial charge is 0.475 e. The molecule has 44 heavy (non-hydrogen) atoms. The van der Waals surface area contributed by atoms with Crippen LogP contribution < -0.4 is 21.7 Å². The topological polar surface area (TPSA) is 156 Å². The zero-order chi connectivity index (χ0) is 31.9. The van der Waals surface area contributed by atoms with E-state index < -0.39 is 24.3 Å². The third-order valence-corrected chi connectivity index (χ3v) is 6.90. The second kappa shape index (κ2) is 13.8. The van der Waals surface area contributed by atoms with Crippen molar-refractivity contribution < 1.29 is 37.4 Å². The van der Waals surface area contributed by atoms with E-state index >= 15 is 0 Å². The van der Waals surface area contributed by atoms with E-state index in [0.29, 0.717) is 18.1 Å². The van der Waals surface area contributed by atoms with Gasteiger partial charge >= 0.3 is 18.2 Å². The molecular weight excluding hydrogens is 579 g/mol. The number of aromatic nitrogens is 1. The number of nitrogens with zero attached hydrogens (tertiary/aromatic N) is 1. The lowest BCUT2D eigenvalue weighted by Gasteiger charge is -2.22. The van der Waals surface area contributed by atoms with Gasteiger partial charge in [-0.15, -0.1) is 0 Å². The highest BCUT2D eigenvalue weighted by molar-refractivity contribution is 5.94. The maximum atomic E-state index is 13.5. The van der Waals surface area contributed by atoms with Crippen LogP contribution in [0.5, 0.6) is 0 Å². The normalized spacial score (nSPS) is 17.0. The first kappa shape index (κ1) is 31.6. The number of amides is 2. The Bertz CT molecular complexity index is 1650. The van der Waals surface area contributed by atoms with Crippen LogP contribution in [0, 0.1) is 0 Å². The van der Waals surface area contributed by atoms with Crippen LogP contribution in [0.2, 0.25) is 0 Å². The Morgan fingerprint density at radius 1 is 1.07 bits per heavy atom. The second-order valence-corrected chi connectivity index (χ2v) is 9.93. The van der Waals surface area contributed by atoms with Crippen LogP contribution in [0.25, 0.3) is 10.8 Å². The minimum Gasteiger partial charge on any atom is -0.475 e. The maximum absolute atomic E-state index is 13.5. The van der Waals surface area contributed by atoms with E-state index in [4.69, 9.17) is 20.4 Å². The van der Waals surface area contributed by atoms with Gasteiger partial charge < -0.3 is 26.2 Å². The fourth-order valence-corrected chi connectivity index (χ4v) is 4.55. The lowest BCUT2D eigenvalue weighted by molar-refractivity contribution is -0.192. The van der Waals surface area contributed by atoms with Gasteiger partial charge in [-0.05, 0) is 64.9 Å². The summed E-state index contributed by atoms with van der Waals surface area (Å²) < 4.78 is 37.2.